The molecule has 2 aliphatic rings. The number of alkyl halides is 3. The summed E-state index contributed by atoms with van der Waals surface area (Å²) >= 11 is 0. The first-order chi connectivity index (χ1) is 19.3. The average molecular weight is 625 g/mol. The SMILES string of the molecule is CC1(C)C2CC[C@@]1(CS(=O)(=O)N[C@@H](Cc1ccc(OCCCONC(=N)N)cc1)C(=O)O)C(=O)C2.O=C(O)C(F)(F)F. The summed E-state index contributed by atoms with van der Waals surface area (Å²) in [4.78, 5) is 38.4. The van der Waals surface area contributed by atoms with E-state index in [1.54, 1.807) is 24.3 Å². The highest BCUT2D eigenvalue weighted by molar-refractivity contribution is 7.89. The van der Waals surface area contributed by atoms with Gasteiger partial charge in [-0.25, -0.2) is 23.4 Å². The Morgan fingerprint density at radius 3 is 2.24 bits per heavy atom. The third-order valence-electron chi connectivity index (χ3n) is 7.64. The molecule has 3 atom stereocenters. The number of ketones is 1. The van der Waals surface area contributed by atoms with Gasteiger partial charge in [0.1, 0.15) is 17.6 Å². The van der Waals surface area contributed by atoms with Gasteiger partial charge >= 0.3 is 18.1 Å². The Hall–Kier alpha value is -3.44. The number of ether oxygens (including phenoxy) is 1. The van der Waals surface area contributed by atoms with E-state index in [-0.39, 0.29) is 29.8 Å². The summed E-state index contributed by atoms with van der Waals surface area (Å²) in [5, 5.41) is 23.8. The number of nitrogens with two attached hydrogens (primary N) is 1. The Bertz CT molecular complexity index is 1260. The van der Waals surface area contributed by atoms with Crippen LogP contribution >= 0.6 is 0 Å². The number of Topliss-reactive ketones (excluding diaryl/α,β-unsaturated/α-hetero) is 1. The minimum absolute atomic E-state index is 0.0340. The van der Waals surface area contributed by atoms with Crippen molar-refractivity contribution in [1.82, 2.24) is 10.2 Å². The van der Waals surface area contributed by atoms with Gasteiger partial charge in [-0.05, 0) is 48.3 Å². The highest BCUT2D eigenvalue weighted by Gasteiger charge is 2.65. The molecule has 13 nitrogen and oxygen atoms in total. The molecule has 17 heteroatoms. The molecular weight excluding hydrogens is 589 g/mol. The van der Waals surface area contributed by atoms with E-state index in [9.17, 15) is 36.3 Å². The Balaban J connectivity index is 0.000000782. The second-order valence-corrected chi connectivity index (χ2v) is 12.4. The fourth-order valence-electron chi connectivity index (χ4n) is 5.28. The summed E-state index contributed by atoms with van der Waals surface area (Å²) < 4.78 is 65.7. The minimum Gasteiger partial charge on any atom is -0.494 e. The number of hydroxylamine groups is 1. The average Bonchev–Trinajstić information content (AvgIpc) is 3.20. The molecule has 2 bridgehead atoms. The molecule has 2 saturated carbocycles. The van der Waals surface area contributed by atoms with Crippen LogP contribution in [0.3, 0.4) is 0 Å². The number of fused-ring (bicyclic) bond motifs is 2. The highest BCUT2D eigenvalue weighted by atomic mass is 32.2. The maximum Gasteiger partial charge on any atom is 0.490 e. The lowest BCUT2D eigenvalue weighted by Gasteiger charge is -2.36. The van der Waals surface area contributed by atoms with Gasteiger partial charge in [0.2, 0.25) is 16.0 Å². The van der Waals surface area contributed by atoms with Gasteiger partial charge < -0.3 is 20.7 Å². The highest BCUT2D eigenvalue weighted by Crippen LogP contribution is 2.64. The van der Waals surface area contributed by atoms with Gasteiger partial charge in [-0.1, -0.05) is 26.0 Å². The lowest BCUT2D eigenvalue weighted by Crippen LogP contribution is -2.49. The van der Waals surface area contributed by atoms with Gasteiger partial charge in [-0.2, -0.15) is 13.2 Å². The summed E-state index contributed by atoms with van der Waals surface area (Å²) in [6.07, 6.45) is -2.86. The molecule has 0 saturated heterocycles. The summed E-state index contributed by atoms with van der Waals surface area (Å²) in [5.41, 5.74) is 6.55. The van der Waals surface area contributed by atoms with Crippen LogP contribution in [0, 0.1) is 22.2 Å². The molecule has 0 aromatic heterocycles. The maximum atomic E-state index is 13.0. The summed E-state index contributed by atoms with van der Waals surface area (Å²) in [5.74, 6) is -4.01. The molecule has 0 spiro atoms. The van der Waals surface area contributed by atoms with Crippen LogP contribution in [-0.2, 0) is 35.7 Å². The number of sulfonamides is 1. The van der Waals surface area contributed by atoms with E-state index in [1.807, 2.05) is 13.8 Å². The van der Waals surface area contributed by atoms with Crippen molar-refractivity contribution < 1.29 is 55.8 Å². The molecule has 1 unspecified atom stereocenters. The van der Waals surface area contributed by atoms with E-state index in [1.165, 1.54) is 0 Å². The molecular formula is C25H35F3N4O9S. The van der Waals surface area contributed by atoms with Crippen molar-refractivity contribution in [3.63, 3.8) is 0 Å². The number of hydrogen-bond donors (Lipinski definition) is 6. The molecule has 1 aromatic rings. The molecule has 0 heterocycles. The van der Waals surface area contributed by atoms with Gasteiger partial charge in [-0.3, -0.25) is 19.8 Å². The van der Waals surface area contributed by atoms with Gasteiger partial charge in [0, 0.05) is 18.3 Å². The van der Waals surface area contributed by atoms with Crippen LogP contribution in [-0.4, -0.2) is 73.5 Å². The summed E-state index contributed by atoms with van der Waals surface area (Å²) in [7, 11) is -4.02. The Morgan fingerprint density at radius 1 is 1.19 bits per heavy atom. The Kier molecular flexibility index (Phi) is 11.3. The van der Waals surface area contributed by atoms with Crippen LogP contribution in [0.25, 0.3) is 0 Å². The molecule has 2 aliphatic carbocycles. The van der Waals surface area contributed by atoms with Crippen LogP contribution in [0.1, 0.15) is 45.1 Å². The van der Waals surface area contributed by atoms with Crippen LogP contribution in [0.2, 0.25) is 0 Å². The second kappa shape index (κ2) is 13.7. The first-order valence-corrected chi connectivity index (χ1v) is 14.5. The zero-order chi connectivity index (χ0) is 31.9. The van der Waals surface area contributed by atoms with Crippen molar-refractivity contribution in [3.05, 3.63) is 29.8 Å². The minimum atomic E-state index is -5.08. The molecule has 1 aromatic carbocycles. The van der Waals surface area contributed by atoms with E-state index in [0.29, 0.717) is 43.8 Å². The first kappa shape index (κ1) is 34.8. The topological polar surface area (TPSA) is 218 Å². The number of carboxylic acids is 2. The largest absolute Gasteiger partial charge is 0.494 e. The molecule has 7 N–H and O–H groups in total. The Morgan fingerprint density at radius 2 is 1.79 bits per heavy atom. The van der Waals surface area contributed by atoms with E-state index in [2.05, 4.69) is 10.2 Å². The fraction of sp³-hybridized carbons (Fsp3) is 0.600. The van der Waals surface area contributed by atoms with Crippen LogP contribution in [0.4, 0.5) is 13.2 Å². The number of guanidine groups is 1. The van der Waals surface area contributed by atoms with Crippen molar-refractivity contribution >= 4 is 33.7 Å². The van der Waals surface area contributed by atoms with Crippen LogP contribution in [0.15, 0.2) is 24.3 Å². The zero-order valence-corrected chi connectivity index (χ0v) is 23.8. The number of aliphatic carboxylic acids is 2. The number of hydrogen-bond acceptors (Lipinski definition) is 8. The lowest BCUT2D eigenvalue weighted by atomic mass is 9.70. The van der Waals surface area contributed by atoms with Gasteiger partial charge in [0.05, 0.1) is 19.0 Å². The number of carbonyl (C=O) groups excluding carboxylic acids is 1. The number of carbonyl (C=O) groups is 3. The van der Waals surface area contributed by atoms with E-state index >= 15 is 0 Å². The van der Waals surface area contributed by atoms with Crippen LogP contribution < -0.4 is 20.7 Å². The normalized spacial score (nSPS) is 21.6. The number of carboxylic acid groups (broad SMARTS) is 2. The third kappa shape index (κ3) is 9.03. The van der Waals surface area contributed by atoms with E-state index < -0.39 is 45.0 Å². The van der Waals surface area contributed by atoms with Gasteiger partial charge in [-0.15, -0.1) is 0 Å². The molecule has 0 aliphatic heterocycles. The molecule has 2 fully saturated rings. The Labute approximate surface area is 240 Å². The maximum absolute atomic E-state index is 13.0. The molecule has 3 rings (SSSR count). The molecule has 236 valence electrons. The number of halogens is 3. The fourth-order valence-corrected chi connectivity index (χ4v) is 7.30. The smallest absolute Gasteiger partial charge is 0.490 e. The van der Waals surface area contributed by atoms with Crippen LogP contribution in [0.5, 0.6) is 5.75 Å². The van der Waals surface area contributed by atoms with Crippen molar-refractivity contribution in [1.29, 1.82) is 5.41 Å². The predicted octanol–water partition coefficient (Wildman–Crippen LogP) is 1.81. The summed E-state index contributed by atoms with van der Waals surface area (Å²) in [6, 6.07) is 5.35. The van der Waals surface area contributed by atoms with Crippen molar-refractivity contribution in [2.45, 2.75) is 58.2 Å². The molecule has 0 radical (unpaired) electrons. The van der Waals surface area contributed by atoms with Gasteiger partial charge in [0.25, 0.3) is 0 Å². The molecule has 42 heavy (non-hydrogen) atoms. The second-order valence-electron chi connectivity index (χ2n) is 10.7. The van der Waals surface area contributed by atoms with Gasteiger partial charge in [0.15, 0.2) is 0 Å². The van der Waals surface area contributed by atoms with Crippen molar-refractivity contribution in [3.8, 4) is 5.75 Å². The quantitative estimate of drug-likeness (QED) is 0.0805. The van der Waals surface area contributed by atoms with E-state index in [0.717, 1.165) is 6.42 Å². The monoisotopic (exact) mass is 624 g/mol. The third-order valence-corrected chi connectivity index (χ3v) is 9.16. The van der Waals surface area contributed by atoms with Crippen molar-refractivity contribution in [2.24, 2.45) is 22.5 Å². The van der Waals surface area contributed by atoms with Crippen molar-refractivity contribution in [2.75, 3.05) is 19.0 Å². The zero-order valence-electron chi connectivity index (χ0n) is 23.0. The standard InChI is InChI=1S/C23H34N4O7S.C2HF3O2/c1-22(2)16-8-9-23(22,19(28)13-16)14-35(31,32)27-18(20(29)30)12-15-4-6-17(7-5-15)33-10-3-11-34-26-21(24)25;3-2(4,5)1(6)7/h4-7,16,18,27H,3,8-14H2,1-2H3,(H,29,30)(H4,24,25,26);(H,6,7)/t16?,18-,23+;/m0./s1. The molecule has 0 amide bonds. The number of benzene rings is 1. The van der Waals surface area contributed by atoms with E-state index in [4.69, 9.17) is 30.6 Å². The lowest BCUT2D eigenvalue weighted by molar-refractivity contribution is -0.192. The predicted molar refractivity (Wildman–Crippen MR) is 142 cm³/mol. The summed E-state index contributed by atoms with van der Waals surface area (Å²) in [6.45, 7) is 4.54. The number of rotatable bonds is 13. The number of nitrogens with one attached hydrogen (secondary N) is 3. The first-order valence-electron chi connectivity index (χ1n) is 12.8.